The molecule has 1 heterocycles. The maximum absolute atomic E-state index is 12.3. The number of aromatic nitrogens is 2. The van der Waals surface area contributed by atoms with Gasteiger partial charge in [0, 0.05) is 17.3 Å². The fraction of sp³-hybridized carbons (Fsp3) is 0.227. The van der Waals surface area contributed by atoms with Gasteiger partial charge in [0.05, 0.1) is 12.4 Å². The molecule has 1 amide bonds. The van der Waals surface area contributed by atoms with Crippen LogP contribution in [0.2, 0.25) is 5.02 Å². The average Bonchev–Trinajstić information content (AvgIpc) is 2.70. The monoisotopic (exact) mass is 394 g/mol. The summed E-state index contributed by atoms with van der Waals surface area (Å²) in [5.41, 5.74) is 3.42. The molecule has 3 aromatic rings. The van der Waals surface area contributed by atoms with Crippen LogP contribution < -0.4 is 10.6 Å². The molecule has 144 valence electrons. The number of nitrogens with zero attached hydrogens (tertiary/aromatic N) is 2. The number of amides is 1. The lowest BCUT2D eigenvalue weighted by Gasteiger charge is -2.09. The molecule has 5 nitrogen and oxygen atoms in total. The predicted octanol–water partition coefficient (Wildman–Crippen LogP) is 5.16. The van der Waals surface area contributed by atoms with Crippen molar-refractivity contribution in [1.29, 1.82) is 0 Å². The van der Waals surface area contributed by atoms with Gasteiger partial charge in [-0.3, -0.25) is 4.79 Å². The van der Waals surface area contributed by atoms with Crippen molar-refractivity contribution in [1.82, 2.24) is 9.97 Å². The third-order valence-electron chi connectivity index (χ3n) is 4.35. The van der Waals surface area contributed by atoms with Gasteiger partial charge in [-0.05, 0) is 47.7 Å². The largest absolute Gasteiger partial charge is 0.368 e. The van der Waals surface area contributed by atoms with Crippen molar-refractivity contribution in [2.45, 2.75) is 26.2 Å². The van der Waals surface area contributed by atoms with Crippen molar-refractivity contribution in [2.24, 2.45) is 0 Å². The highest BCUT2D eigenvalue weighted by Crippen LogP contribution is 2.17. The second-order valence-electron chi connectivity index (χ2n) is 6.82. The van der Waals surface area contributed by atoms with Crippen LogP contribution >= 0.6 is 11.6 Å². The minimum Gasteiger partial charge on any atom is -0.368 e. The van der Waals surface area contributed by atoms with E-state index in [4.69, 9.17) is 11.6 Å². The van der Waals surface area contributed by atoms with Gasteiger partial charge in [0.2, 0.25) is 0 Å². The Kier molecular flexibility index (Phi) is 6.61. The number of hydrogen-bond acceptors (Lipinski definition) is 4. The second kappa shape index (κ2) is 9.33. The van der Waals surface area contributed by atoms with Gasteiger partial charge in [-0.15, -0.1) is 0 Å². The lowest BCUT2D eigenvalue weighted by molar-refractivity contribution is 0.102. The number of carbonyl (C=O) groups is 1. The lowest BCUT2D eigenvalue weighted by Crippen LogP contribution is -2.15. The molecule has 0 radical (unpaired) electrons. The zero-order valence-electron chi connectivity index (χ0n) is 15.9. The molecule has 6 heteroatoms. The van der Waals surface area contributed by atoms with E-state index >= 15 is 0 Å². The third kappa shape index (κ3) is 5.54. The Morgan fingerprint density at radius 1 is 1.00 bits per heavy atom. The zero-order chi connectivity index (χ0) is 19.9. The Morgan fingerprint density at radius 2 is 1.71 bits per heavy atom. The lowest BCUT2D eigenvalue weighted by atomic mass is 10.0. The van der Waals surface area contributed by atoms with E-state index in [0.717, 1.165) is 17.1 Å². The number of anilines is 2. The van der Waals surface area contributed by atoms with E-state index in [0.29, 0.717) is 18.3 Å². The minimum absolute atomic E-state index is 0.274. The molecule has 2 N–H and O–H groups in total. The van der Waals surface area contributed by atoms with E-state index in [-0.39, 0.29) is 11.6 Å². The first kappa shape index (κ1) is 19.8. The molecule has 0 aliphatic carbocycles. The minimum atomic E-state index is -0.280. The molecule has 0 aliphatic heterocycles. The van der Waals surface area contributed by atoms with E-state index in [2.05, 4.69) is 34.4 Å². The van der Waals surface area contributed by atoms with Crippen LogP contribution in [0.5, 0.6) is 0 Å². The number of hydrogen-bond donors (Lipinski definition) is 2. The van der Waals surface area contributed by atoms with E-state index in [1.807, 2.05) is 48.5 Å². The first-order valence-corrected chi connectivity index (χ1v) is 9.61. The Labute approximate surface area is 170 Å². The van der Waals surface area contributed by atoms with Gasteiger partial charge in [-0.25, -0.2) is 9.97 Å². The summed E-state index contributed by atoms with van der Waals surface area (Å²) >= 11 is 5.89. The van der Waals surface area contributed by atoms with Gasteiger partial charge in [0.1, 0.15) is 11.5 Å². The van der Waals surface area contributed by atoms with E-state index < -0.39 is 0 Å². The van der Waals surface area contributed by atoms with Crippen molar-refractivity contribution in [2.75, 3.05) is 17.2 Å². The van der Waals surface area contributed by atoms with Gasteiger partial charge in [-0.2, -0.15) is 0 Å². The second-order valence-corrected chi connectivity index (χ2v) is 7.26. The van der Waals surface area contributed by atoms with Crippen LogP contribution in [-0.4, -0.2) is 22.4 Å². The molecule has 0 atom stereocenters. The summed E-state index contributed by atoms with van der Waals surface area (Å²) in [6, 6.07) is 15.6. The van der Waals surface area contributed by atoms with Gasteiger partial charge in [0.15, 0.2) is 0 Å². The van der Waals surface area contributed by atoms with Crippen LogP contribution in [0.1, 0.15) is 41.4 Å². The van der Waals surface area contributed by atoms with E-state index in [1.54, 1.807) is 6.20 Å². The highest BCUT2D eigenvalue weighted by atomic mass is 35.5. The summed E-state index contributed by atoms with van der Waals surface area (Å²) < 4.78 is 0. The van der Waals surface area contributed by atoms with E-state index in [9.17, 15) is 4.79 Å². The molecule has 0 spiro atoms. The Bertz CT molecular complexity index is 907. The number of rotatable bonds is 7. The molecule has 0 unspecified atom stereocenters. The van der Waals surface area contributed by atoms with Gasteiger partial charge in [-0.1, -0.05) is 49.7 Å². The normalized spacial score (nSPS) is 10.7. The number of nitrogens with one attached hydrogen (secondary N) is 2. The Morgan fingerprint density at radius 3 is 2.32 bits per heavy atom. The van der Waals surface area contributed by atoms with Crippen LogP contribution in [0.15, 0.2) is 60.9 Å². The highest BCUT2D eigenvalue weighted by molar-refractivity contribution is 6.30. The molecular formula is C22H23ClN4O. The Hall–Kier alpha value is -2.92. The first-order valence-electron chi connectivity index (χ1n) is 9.23. The number of benzene rings is 2. The molecule has 0 fully saturated rings. The van der Waals surface area contributed by atoms with Crippen LogP contribution in [0, 0.1) is 0 Å². The molecule has 2 aromatic carbocycles. The summed E-state index contributed by atoms with van der Waals surface area (Å²) in [6.45, 7) is 4.98. The van der Waals surface area contributed by atoms with Crippen molar-refractivity contribution in [3.05, 3.63) is 82.8 Å². The Balaban J connectivity index is 1.51. The van der Waals surface area contributed by atoms with Crippen LogP contribution in [0.3, 0.4) is 0 Å². The molecule has 0 saturated carbocycles. The average molecular weight is 395 g/mol. The van der Waals surface area contributed by atoms with Crippen LogP contribution in [0.4, 0.5) is 11.5 Å². The van der Waals surface area contributed by atoms with Crippen molar-refractivity contribution < 1.29 is 4.79 Å². The molecule has 0 saturated heterocycles. The standard InChI is InChI=1S/C22H23ClN4O/c1-15(2)17-5-9-19(10-6-17)27-22(28)20-13-26-21(14-25-20)24-12-11-16-3-7-18(23)8-4-16/h3-10,13-15H,11-12H2,1-2H3,(H,24,26)(H,27,28). The predicted molar refractivity (Wildman–Crippen MR) is 114 cm³/mol. The van der Waals surface area contributed by atoms with E-state index in [1.165, 1.54) is 17.3 Å². The van der Waals surface area contributed by atoms with Crippen molar-refractivity contribution >= 4 is 29.0 Å². The maximum atomic E-state index is 12.3. The SMILES string of the molecule is CC(C)c1ccc(NC(=O)c2cnc(NCCc3ccc(Cl)cc3)cn2)cc1. The summed E-state index contributed by atoms with van der Waals surface area (Å²) in [7, 11) is 0. The molecule has 0 aliphatic rings. The van der Waals surface area contributed by atoms with Gasteiger partial charge < -0.3 is 10.6 Å². The molecular weight excluding hydrogens is 372 g/mol. The molecule has 0 bridgehead atoms. The summed E-state index contributed by atoms with van der Waals surface area (Å²) in [4.78, 5) is 20.8. The molecule has 1 aromatic heterocycles. The summed E-state index contributed by atoms with van der Waals surface area (Å²) in [6.07, 6.45) is 3.88. The van der Waals surface area contributed by atoms with Crippen molar-refractivity contribution in [3.63, 3.8) is 0 Å². The molecule has 3 rings (SSSR count). The number of halogens is 1. The summed E-state index contributed by atoms with van der Waals surface area (Å²) in [5.74, 6) is 0.805. The van der Waals surface area contributed by atoms with Gasteiger partial charge in [0.25, 0.3) is 5.91 Å². The highest BCUT2D eigenvalue weighted by Gasteiger charge is 2.09. The number of carbonyl (C=O) groups excluding carboxylic acids is 1. The van der Waals surface area contributed by atoms with Crippen LogP contribution in [-0.2, 0) is 6.42 Å². The first-order chi connectivity index (χ1) is 13.5. The fourth-order valence-corrected chi connectivity index (χ4v) is 2.80. The van der Waals surface area contributed by atoms with Crippen LogP contribution in [0.25, 0.3) is 0 Å². The maximum Gasteiger partial charge on any atom is 0.275 e. The smallest absolute Gasteiger partial charge is 0.275 e. The third-order valence-corrected chi connectivity index (χ3v) is 4.60. The summed E-state index contributed by atoms with van der Waals surface area (Å²) in [5, 5.41) is 6.77. The zero-order valence-corrected chi connectivity index (χ0v) is 16.7. The molecule has 28 heavy (non-hydrogen) atoms. The topological polar surface area (TPSA) is 66.9 Å². The van der Waals surface area contributed by atoms with Gasteiger partial charge >= 0.3 is 0 Å². The fourth-order valence-electron chi connectivity index (χ4n) is 2.67. The quantitative estimate of drug-likeness (QED) is 0.580. The van der Waals surface area contributed by atoms with Crippen molar-refractivity contribution in [3.8, 4) is 0 Å².